The molecule has 0 unspecified atom stereocenters. The predicted molar refractivity (Wildman–Crippen MR) is 136 cm³/mol. The fourth-order valence-corrected chi connectivity index (χ4v) is 5.21. The van der Waals surface area contributed by atoms with E-state index in [1.807, 2.05) is 24.3 Å². The summed E-state index contributed by atoms with van der Waals surface area (Å²) in [6, 6.07) is 12.8. The van der Waals surface area contributed by atoms with Gasteiger partial charge in [-0.2, -0.15) is 0 Å². The first kappa shape index (κ1) is 24.5. The van der Waals surface area contributed by atoms with E-state index in [2.05, 4.69) is 31.0 Å². The van der Waals surface area contributed by atoms with Gasteiger partial charge in [0.05, 0.1) is 43.2 Å². The van der Waals surface area contributed by atoms with Crippen LogP contribution in [-0.2, 0) is 9.53 Å². The van der Waals surface area contributed by atoms with Gasteiger partial charge >= 0.3 is 5.97 Å². The molecule has 7 nitrogen and oxygen atoms in total. The molecule has 0 N–H and O–H groups in total. The summed E-state index contributed by atoms with van der Waals surface area (Å²) in [6.07, 6.45) is 1.86. The molecule has 2 heterocycles. The smallest absolute Gasteiger partial charge is 0.338 e. The number of hydrogen-bond donors (Lipinski definition) is 0. The highest BCUT2D eigenvalue weighted by Crippen LogP contribution is 2.35. The Morgan fingerprint density at radius 3 is 2.34 bits per heavy atom. The van der Waals surface area contributed by atoms with E-state index in [-0.39, 0.29) is 5.56 Å². The first-order valence-corrected chi connectivity index (χ1v) is 12.0. The summed E-state index contributed by atoms with van der Waals surface area (Å²) >= 11 is 1.29. The van der Waals surface area contributed by atoms with E-state index in [9.17, 15) is 9.59 Å². The fourth-order valence-electron chi connectivity index (χ4n) is 4.16. The van der Waals surface area contributed by atoms with Crippen LogP contribution in [0, 0.1) is 0 Å². The number of hydrogen-bond acceptors (Lipinski definition) is 7. The Labute approximate surface area is 207 Å². The molecule has 0 aliphatic carbocycles. The average molecular weight is 493 g/mol. The lowest BCUT2D eigenvalue weighted by Crippen LogP contribution is -2.39. The summed E-state index contributed by atoms with van der Waals surface area (Å²) in [7, 11) is 4.42. The lowest BCUT2D eigenvalue weighted by molar-refractivity contribution is -0.136. The molecular formula is C27H28N2O5S. The zero-order valence-electron chi connectivity index (χ0n) is 20.6. The Kier molecular flexibility index (Phi) is 6.93. The Morgan fingerprint density at radius 1 is 1.06 bits per heavy atom. The Hall–Kier alpha value is -3.65. The third kappa shape index (κ3) is 4.53. The molecular weight excluding hydrogens is 464 g/mol. The summed E-state index contributed by atoms with van der Waals surface area (Å²) in [5.74, 6) is 0.935. The van der Waals surface area contributed by atoms with Gasteiger partial charge in [0, 0.05) is 0 Å². The molecule has 0 radical (unpaired) electrons. The van der Waals surface area contributed by atoms with Crippen LogP contribution in [0.5, 0.6) is 11.5 Å². The maximum Gasteiger partial charge on any atom is 0.338 e. The summed E-state index contributed by atoms with van der Waals surface area (Å²) < 4.78 is 18.0. The molecule has 1 aromatic heterocycles. The zero-order valence-corrected chi connectivity index (χ0v) is 21.4. The van der Waals surface area contributed by atoms with E-state index in [0.717, 1.165) is 5.56 Å². The van der Waals surface area contributed by atoms with Crippen molar-refractivity contribution in [1.29, 1.82) is 0 Å². The number of methoxy groups -OCH3 is 3. The lowest BCUT2D eigenvalue weighted by atomic mass is 9.95. The van der Waals surface area contributed by atoms with E-state index >= 15 is 0 Å². The molecule has 35 heavy (non-hydrogen) atoms. The molecule has 0 bridgehead atoms. The van der Waals surface area contributed by atoms with Gasteiger partial charge in [0.25, 0.3) is 5.56 Å². The van der Waals surface area contributed by atoms with E-state index in [4.69, 9.17) is 14.2 Å². The van der Waals surface area contributed by atoms with Crippen molar-refractivity contribution in [2.45, 2.75) is 32.7 Å². The molecule has 1 aliphatic heterocycles. The van der Waals surface area contributed by atoms with Crippen molar-refractivity contribution in [3.05, 3.63) is 90.1 Å². The van der Waals surface area contributed by atoms with Gasteiger partial charge in [-0.25, -0.2) is 9.79 Å². The summed E-state index contributed by atoms with van der Waals surface area (Å²) in [5.41, 5.74) is 3.42. The number of esters is 1. The molecule has 0 spiro atoms. The molecule has 182 valence electrons. The van der Waals surface area contributed by atoms with Crippen LogP contribution in [0.1, 0.15) is 49.4 Å². The van der Waals surface area contributed by atoms with Crippen LogP contribution in [0.2, 0.25) is 0 Å². The van der Waals surface area contributed by atoms with Crippen molar-refractivity contribution in [3.8, 4) is 11.5 Å². The first-order valence-electron chi connectivity index (χ1n) is 11.2. The van der Waals surface area contributed by atoms with Crippen molar-refractivity contribution in [2.75, 3.05) is 21.3 Å². The normalized spacial score (nSPS) is 15.6. The minimum Gasteiger partial charge on any atom is -0.493 e. The number of benzene rings is 2. The largest absolute Gasteiger partial charge is 0.493 e. The van der Waals surface area contributed by atoms with Gasteiger partial charge in [0.15, 0.2) is 16.3 Å². The van der Waals surface area contributed by atoms with Gasteiger partial charge in [0.2, 0.25) is 0 Å². The highest BCUT2D eigenvalue weighted by molar-refractivity contribution is 7.07. The maximum absolute atomic E-state index is 13.7. The van der Waals surface area contributed by atoms with Crippen molar-refractivity contribution in [2.24, 2.45) is 4.99 Å². The van der Waals surface area contributed by atoms with Gasteiger partial charge in [0.1, 0.15) is 0 Å². The third-order valence-corrected chi connectivity index (χ3v) is 7.03. The van der Waals surface area contributed by atoms with E-state index in [1.54, 1.807) is 37.8 Å². The Balaban J connectivity index is 1.93. The van der Waals surface area contributed by atoms with Gasteiger partial charge < -0.3 is 14.2 Å². The first-order chi connectivity index (χ1) is 16.8. The highest BCUT2D eigenvalue weighted by Gasteiger charge is 2.33. The van der Waals surface area contributed by atoms with Crippen LogP contribution in [0.15, 0.2) is 63.5 Å². The molecule has 0 fully saturated rings. The molecule has 8 heteroatoms. The van der Waals surface area contributed by atoms with Crippen molar-refractivity contribution in [3.63, 3.8) is 0 Å². The van der Waals surface area contributed by atoms with Gasteiger partial charge in [-0.3, -0.25) is 9.36 Å². The average Bonchev–Trinajstić information content (AvgIpc) is 3.16. The second-order valence-electron chi connectivity index (χ2n) is 8.51. The van der Waals surface area contributed by atoms with Crippen LogP contribution in [0.25, 0.3) is 6.08 Å². The molecule has 0 saturated carbocycles. The van der Waals surface area contributed by atoms with Crippen LogP contribution in [-0.4, -0.2) is 31.9 Å². The van der Waals surface area contributed by atoms with Gasteiger partial charge in [-0.05, 0) is 47.7 Å². The predicted octanol–water partition coefficient (Wildman–Crippen LogP) is 3.55. The Morgan fingerprint density at radius 2 is 1.74 bits per heavy atom. The number of nitrogens with zero attached hydrogens (tertiary/aromatic N) is 2. The van der Waals surface area contributed by atoms with E-state index in [0.29, 0.717) is 43.6 Å². The third-order valence-electron chi connectivity index (χ3n) is 6.05. The molecule has 3 aromatic rings. The number of fused-ring (bicyclic) bond motifs is 1. The van der Waals surface area contributed by atoms with Crippen LogP contribution in [0.4, 0.5) is 0 Å². The number of carbonyl (C=O) groups excluding carboxylic acids is 1. The molecule has 4 rings (SSSR count). The second-order valence-corrected chi connectivity index (χ2v) is 9.52. The number of thiazole rings is 1. The molecule has 1 atom stereocenters. The summed E-state index contributed by atoms with van der Waals surface area (Å²) in [5, 5.41) is 0. The number of carbonyl (C=O) groups is 1. The zero-order chi connectivity index (χ0) is 25.3. The van der Waals surface area contributed by atoms with Crippen LogP contribution < -0.4 is 24.4 Å². The Bertz CT molecular complexity index is 1480. The van der Waals surface area contributed by atoms with Gasteiger partial charge in [-0.15, -0.1) is 0 Å². The van der Waals surface area contributed by atoms with Crippen molar-refractivity contribution in [1.82, 2.24) is 4.57 Å². The topological polar surface area (TPSA) is 79.1 Å². The van der Waals surface area contributed by atoms with E-state index in [1.165, 1.54) is 24.0 Å². The quantitative estimate of drug-likeness (QED) is 0.492. The van der Waals surface area contributed by atoms with Gasteiger partial charge in [-0.1, -0.05) is 55.5 Å². The molecule has 0 saturated heterocycles. The number of aromatic nitrogens is 1. The molecule has 0 amide bonds. The number of allylic oxidation sites excluding steroid dienone is 1. The highest BCUT2D eigenvalue weighted by atomic mass is 32.1. The monoisotopic (exact) mass is 492 g/mol. The number of rotatable bonds is 6. The van der Waals surface area contributed by atoms with E-state index < -0.39 is 12.0 Å². The molecule has 1 aliphatic rings. The van der Waals surface area contributed by atoms with Crippen LogP contribution >= 0.6 is 11.3 Å². The van der Waals surface area contributed by atoms with Crippen molar-refractivity contribution < 1.29 is 19.0 Å². The SMILES string of the molecule is COC(=O)C1=C(C)N=c2s/c(=C/c3ccc(C(C)C)cc3)c(=O)n2[C@@H]1c1ccc(OC)c(OC)c1. The van der Waals surface area contributed by atoms with Crippen molar-refractivity contribution >= 4 is 23.4 Å². The maximum atomic E-state index is 13.7. The standard InChI is InChI=1S/C27H28N2O5S/c1-15(2)18-9-7-17(8-10-18)13-22-25(30)29-24(19-11-12-20(32-4)21(14-19)33-5)23(26(31)34-6)16(3)28-27(29)35-22/h7-15,24H,1-6H3/b22-13+/t24-/m1/s1. The molecule has 2 aromatic carbocycles. The lowest BCUT2D eigenvalue weighted by Gasteiger charge is -2.25. The summed E-state index contributed by atoms with van der Waals surface area (Å²) in [4.78, 5) is 31.6. The number of ether oxygens (including phenoxy) is 3. The van der Waals surface area contributed by atoms with Crippen LogP contribution in [0.3, 0.4) is 0 Å². The minimum absolute atomic E-state index is 0.227. The minimum atomic E-state index is -0.719. The fraction of sp³-hybridized carbons (Fsp3) is 0.296. The summed E-state index contributed by atoms with van der Waals surface area (Å²) in [6.45, 7) is 6.03. The second kappa shape index (κ2) is 9.92.